The lowest BCUT2D eigenvalue weighted by atomic mass is 9.98. The van der Waals surface area contributed by atoms with Crippen molar-refractivity contribution in [1.82, 2.24) is 0 Å². The van der Waals surface area contributed by atoms with Gasteiger partial charge in [0.1, 0.15) is 0 Å². The average molecular weight is 211 g/mol. The first-order valence-corrected chi connectivity index (χ1v) is 5.38. The molecule has 3 heteroatoms. The molecule has 1 aromatic rings. The zero-order chi connectivity index (χ0) is 10.1. The molecule has 14 heavy (non-hydrogen) atoms. The number of hydrogen-bond donors (Lipinski definition) is 1. The van der Waals surface area contributed by atoms with E-state index in [1.54, 1.807) is 0 Å². The lowest BCUT2D eigenvalue weighted by Crippen LogP contribution is -2.43. The number of nitrogens with zero attached hydrogens (tertiary/aromatic N) is 1. The van der Waals surface area contributed by atoms with E-state index in [1.807, 2.05) is 12.1 Å². The molecule has 1 atom stereocenters. The average Bonchev–Trinajstić information content (AvgIpc) is 2.16. The second kappa shape index (κ2) is 3.79. The predicted octanol–water partition coefficient (Wildman–Crippen LogP) is 2.05. The fourth-order valence-electron chi connectivity index (χ4n) is 2.09. The minimum atomic E-state index is 0.237. The smallest absolute Gasteiger partial charge is 0.0642 e. The van der Waals surface area contributed by atoms with E-state index in [4.69, 9.17) is 17.3 Å². The lowest BCUT2D eigenvalue weighted by Gasteiger charge is -2.34. The number of likely N-dealkylation sites (N-methyl/N-ethyl adjacent to an activating group) is 1. The Morgan fingerprint density at radius 2 is 2.36 bits per heavy atom. The quantitative estimate of drug-likeness (QED) is 0.769. The molecule has 0 fully saturated rings. The van der Waals surface area contributed by atoms with E-state index in [9.17, 15) is 0 Å². The van der Waals surface area contributed by atoms with Gasteiger partial charge in [-0.05, 0) is 25.0 Å². The Bertz CT molecular complexity index is 338. The molecule has 0 aromatic heterocycles. The highest BCUT2D eigenvalue weighted by atomic mass is 35.5. The van der Waals surface area contributed by atoms with Gasteiger partial charge in [-0.15, -0.1) is 0 Å². The van der Waals surface area contributed by atoms with E-state index in [1.165, 1.54) is 11.3 Å². The molecule has 0 aliphatic carbocycles. The molecule has 0 saturated heterocycles. The first-order valence-electron chi connectivity index (χ1n) is 5.00. The maximum atomic E-state index is 6.18. The van der Waals surface area contributed by atoms with Crippen molar-refractivity contribution in [3.05, 3.63) is 28.8 Å². The van der Waals surface area contributed by atoms with Crippen molar-refractivity contribution in [3.63, 3.8) is 0 Å². The summed E-state index contributed by atoms with van der Waals surface area (Å²) in [7, 11) is 0. The van der Waals surface area contributed by atoms with Crippen LogP contribution in [0.15, 0.2) is 18.2 Å². The summed E-state index contributed by atoms with van der Waals surface area (Å²) in [4.78, 5) is 2.26. The number of rotatable bonds is 1. The van der Waals surface area contributed by atoms with Gasteiger partial charge in [-0.25, -0.2) is 0 Å². The third-order valence-electron chi connectivity index (χ3n) is 2.71. The summed E-state index contributed by atoms with van der Waals surface area (Å²) < 4.78 is 0. The van der Waals surface area contributed by atoms with Gasteiger partial charge in [0.05, 0.1) is 10.7 Å². The molecule has 1 aliphatic heterocycles. The number of hydrogen-bond acceptors (Lipinski definition) is 2. The highest BCUT2D eigenvalue weighted by Crippen LogP contribution is 2.33. The molecule has 0 radical (unpaired) electrons. The molecule has 2 N–H and O–H groups in total. The van der Waals surface area contributed by atoms with Crippen molar-refractivity contribution in [2.75, 3.05) is 18.0 Å². The topological polar surface area (TPSA) is 29.3 Å². The molecule has 0 amide bonds. The summed E-state index contributed by atoms with van der Waals surface area (Å²) >= 11 is 6.18. The number of benzene rings is 1. The van der Waals surface area contributed by atoms with Crippen LogP contribution in [0.5, 0.6) is 0 Å². The van der Waals surface area contributed by atoms with E-state index in [-0.39, 0.29) is 6.04 Å². The molecule has 1 heterocycles. The largest absolute Gasteiger partial charge is 0.369 e. The molecular weight excluding hydrogens is 196 g/mol. The molecule has 1 aliphatic rings. The number of nitrogens with two attached hydrogens (primary N) is 1. The predicted molar refractivity (Wildman–Crippen MR) is 61.0 cm³/mol. The van der Waals surface area contributed by atoms with Crippen molar-refractivity contribution in [1.29, 1.82) is 0 Å². The van der Waals surface area contributed by atoms with Crippen LogP contribution in [0.1, 0.15) is 12.5 Å². The number of fused-ring (bicyclic) bond motifs is 1. The maximum Gasteiger partial charge on any atom is 0.0642 e. The SMILES string of the molecule is CCN1CC(N)Cc2cccc(Cl)c21. The summed E-state index contributed by atoms with van der Waals surface area (Å²) in [6, 6.07) is 6.29. The fraction of sp³-hybridized carbons (Fsp3) is 0.455. The molecule has 76 valence electrons. The van der Waals surface area contributed by atoms with Crippen molar-refractivity contribution < 1.29 is 0 Å². The molecule has 2 nitrogen and oxygen atoms in total. The fourth-order valence-corrected chi connectivity index (χ4v) is 2.40. The van der Waals surface area contributed by atoms with Crippen molar-refractivity contribution in [3.8, 4) is 0 Å². The van der Waals surface area contributed by atoms with E-state index in [2.05, 4.69) is 17.9 Å². The Morgan fingerprint density at radius 3 is 3.07 bits per heavy atom. The van der Waals surface area contributed by atoms with Gasteiger partial charge in [-0.3, -0.25) is 0 Å². The van der Waals surface area contributed by atoms with E-state index >= 15 is 0 Å². The van der Waals surface area contributed by atoms with E-state index in [0.717, 1.165) is 24.5 Å². The van der Waals surface area contributed by atoms with Crippen LogP contribution in [-0.4, -0.2) is 19.1 Å². The Hall–Kier alpha value is -0.730. The number of para-hydroxylation sites is 1. The van der Waals surface area contributed by atoms with Gasteiger partial charge in [0.15, 0.2) is 0 Å². The molecule has 2 rings (SSSR count). The van der Waals surface area contributed by atoms with Crippen molar-refractivity contribution in [2.24, 2.45) is 5.73 Å². The summed E-state index contributed by atoms with van der Waals surface area (Å²) in [5.41, 5.74) is 8.44. The molecule has 1 unspecified atom stereocenters. The molecular formula is C11H15ClN2. The first-order chi connectivity index (χ1) is 6.72. The van der Waals surface area contributed by atoms with Gasteiger partial charge in [-0.2, -0.15) is 0 Å². The van der Waals surface area contributed by atoms with Gasteiger partial charge in [0.25, 0.3) is 0 Å². The zero-order valence-corrected chi connectivity index (χ0v) is 9.09. The number of halogens is 1. The Balaban J connectivity index is 2.46. The summed E-state index contributed by atoms with van der Waals surface area (Å²) in [6.45, 7) is 4.00. The van der Waals surface area contributed by atoms with Crippen LogP contribution in [0.4, 0.5) is 5.69 Å². The third-order valence-corrected chi connectivity index (χ3v) is 3.01. The molecule has 0 bridgehead atoms. The highest BCUT2D eigenvalue weighted by molar-refractivity contribution is 6.33. The van der Waals surface area contributed by atoms with Crippen LogP contribution in [0.2, 0.25) is 5.02 Å². The van der Waals surface area contributed by atoms with Crippen LogP contribution in [0, 0.1) is 0 Å². The van der Waals surface area contributed by atoms with Gasteiger partial charge in [0, 0.05) is 19.1 Å². The van der Waals surface area contributed by atoms with Gasteiger partial charge in [-0.1, -0.05) is 23.7 Å². The second-order valence-electron chi connectivity index (χ2n) is 3.75. The van der Waals surface area contributed by atoms with Crippen molar-refractivity contribution >= 4 is 17.3 Å². The lowest BCUT2D eigenvalue weighted by molar-refractivity contribution is 0.608. The van der Waals surface area contributed by atoms with Crippen molar-refractivity contribution in [2.45, 2.75) is 19.4 Å². The minimum Gasteiger partial charge on any atom is -0.369 e. The maximum absolute atomic E-state index is 6.18. The summed E-state index contributed by atoms with van der Waals surface area (Å²) in [6.07, 6.45) is 0.937. The van der Waals surface area contributed by atoms with Gasteiger partial charge >= 0.3 is 0 Å². The first kappa shape index (κ1) is 9.81. The van der Waals surface area contributed by atoms with Crippen LogP contribution in [-0.2, 0) is 6.42 Å². The third kappa shape index (κ3) is 1.60. The number of anilines is 1. The standard InChI is InChI=1S/C11H15ClN2/c1-2-14-7-9(13)6-8-4-3-5-10(12)11(8)14/h3-5,9H,2,6-7,13H2,1H3. The minimum absolute atomic E-state index is 0.237. The molecule has 0 spiro atoms. The van der Waals surface area contributed by atoms with E-state index < -0.39 is 0 Å². The summed E-state index contributed by atoms with van der Waals surface area (Å²) in [5.74, 6) is 0. The van der Waals surface area contributed by atoms with Crippen LogP contribution in [0.3, 0.4) is 0 Å². The zero-order valence-electron chi connectivity index (χ0n) is 8.33. The van der Waals surface area contributed by atoms with Gasteiger partial charge < -0.3 is 10.6 Å². The van der Waals surface area contributed by atoms with E-state index in [0.29, 0.717) is 0 Å². The summed E-state index contributed by atoms with van der Waals surface area (Å²) in [5, 5.41) is 0.844. The second-order valence-corrected chi connectivity index (χ2v) is 4.16. The highest BCUT2D eigenvalue weighted by Gasteiger charge is 2.22. The van der Waals surface area contributed by atoms with Crippen LogP contribution in [0.25, 0.3) is 0 Å². The Labute approximate surface area is 89.7 Å². The molecule has 0 saturated carbocycles. The Kier molecular flexibility index (Phi) is 2.66. The molecule has 1 aromatic carbocycles. The Morgan fingerprint density at radius 1 is 1.57 bits per heavy atom. The van der Waals surface area contributed by atoms with Crippen LogP contribution >= 0.6 is 11.6 Å². The monoisotopic (exact) mass is 210 g/mol. The van der Waals surface area contributed by atoms with Crippen LogP contribution < -0.4 is 10.6 Å². The normalized spacial score (nSPS) is 20.8. The van der Waals surface area contributed by atoms with Gasteiger partial charge in [0.2, 0.25) is 0 Å².